The zero-order valence-corrected chi connectivity index (χ0v) is 22.1. The molecule has 0 saturated heterocycles. The van der Waals surface area contributed by atoms with Crippen molar-refractivity contribution in [3.8, 4) is 11.9 Å². The number of aromatic nitrogens is 1. The number of rotatable bonds is 8. The van der Waals surface area contributed by atoms with Crippen molar-refractivity contribution in [1.82, 2.24) is 10.3 Å². The normalized spacial score (nSPS) is 13.4. The van der Waals surface area contributed by atoms with E-state index in [4.69, 9.17) is 4.74 Å². The van der Waals surface area contributed by atoms with Gasteiger partial charge in [-0.1, -0.05) is 24.3 Å². The minimum atomic E-state index is -4.51. The van der Waals surface area contributed by atoms with Gasteiger partial charge >= 0.3 is 6.18 Å². The van der Waals surface area contributed by atoms with Crippen molar-refractivity contribution >= 4 is 28.5 Å². The number of amides is 1. The first-order valence-electron chi connectivity index (χ1n) is 11.2. The van der Waals surface area contributed by atoms with E-state index in [0.717, 1.165) is 26.8 Å². The summed E-state index contributed by atoms with van der Waals surface area (Å²) in [5.41, 5.74) is 0.208. The van der Waals surface area contributed by atoms with Gasteiger partial charge < -0.3 is 10.1 Å². The Morgan fingerprint density at radius 3 is 2.42 bits per heavy atom. The molecule has 1 N–H and O–H groups in total. The van der Waals surface area contributed by atoms with E-state index in [9.17, 15) is 23.2 Å². The van der Waals surface area contributed by atoms with Gasteiger partial charge in [-0.3, -0.25) is 4.79 Å². The maximum Gasteiger partial charge on any atom is 0.417 e. The monoisotopic (exact) mass is 607 g/mol. The second-order valence-corrected chi connectivity index (χ2v) is 10.2. The highest BCUT2D eigenvalue weighted by Gasteiger charge is 2.34. The van der Waals surface area contributed by atoms with Crippen LogP contribution in [0, 0.1) is 14.9 Å². The molecule has 1 heterocycles. The molecule has 1 amide bonds. The molecule has 0 fully saturated rings. The quantitative estimate of drug-likeness (QED) is 0.307. The van der Waals surface area contributed by atoms with E-state index >= 15 is 0 Å². The summed E-state index contributed by atoms with van der Waals surface area (Å²) in [5.74, 6) is -0.684. The van der Waals surface area contributed by atoms with Crippen LogP contribution in [0.3, 0.4) is 0 Å². The highest BCUT2D eigenvalue weighted by atomic mass is 127. The van der Waals surface area contributed by atoms with Gasteiger partial charge in [-0.25, -0.2) is 4.98 Å². The fourth-order valence-corrected chi connectivity index (χ4v) is 4.05. The second-order valence-electron chi connectivity index (χ2n) is 8.93. The predicted octanol–water partition coefficient (Wildman–Crippen LogP) is 6.27. The molecule has 0 saturated carbocycles. The molecule has 0 aliphatic rings. The third kappa shape index (κ3) is 7.20. The molecule has 3 aromatic rings. The van der Waals surface area contributed by atoms with Crippen molar-refractivity contribution in [2.24, 2.45) is 0 Å². The summed E-state index contributed by atoms with van der Waals surface area (Å²) in [6.07, 6.45) is -3.22. The molecule has 5 nitrogen and oxygen atoms in total. The van der Waals surface area contributed by atoms with Crippen LogP contribution in [-0.2, 0) is 17.4 Å². The van der Waals surface area contributed by atoms with E-state index in [0.29, 0.717) is 18.2 Å². The summed E-state index contributed by atoms with van der Waals surface area (Å²) < 4.78 is 45.2. The Bertz CT molecular complexity index is 1240. The second kappa shape index (κ2) is 11.3. The van der Waals surface area contributed by atoms with Crippen molar-refractivity contribution in [3.05, 3.63) is 92.7 Å². The van der Waals surface area contributed by atoms with Crippen molar-refractivity contribution in [2.75, 3.05) is 0 Å². The smallest absolute Gasteiger partial charge is 0.417 e. The Labute approximate surface area is 221 Å². The van der Waals surface area contributed by atoms with E-state index < -0.39 is 23.2 Å². The molecular formula is C27H25F3IN3O2. The number of nitriles is 1. The lowest BCUT2D eigenvalue weighted by Crippen LogP contribution is -2.51. The molecule has 9 heteroatoms. The third-order valence-electron chi connectivity index (χ3n) is 5.75. The van der Waals surface area contributed by atoms with Gasteiger partial charge in [-0.05, 0) is 91.2 Å². The van der Waals surface area contributed by atoms with E-state index in [2.05, 4.69) is 39.0 Å². The molecule has 0 radical (unpaired) electrons. The lowest BCUT2D eigenvalue weighted by Gasteiger charge is -2.30. The average molecular weight is 607 g/mol. The number of alkyl halides is 3. The number of carbonyl (C=O) groups excluding carboxylic acids is 1. The van der Waals surface area contributed by atoms with Gasteiger partial charge in [0.2, 0.25) is 5.88 Å². The van der Waals surface area contributed by atoms with Gasteiger partial charge in [0.05, 0.1) is 17.2 Å². The molecule has 0 spiro atoms. The van der Waals surface area contributed by atoms with Crippen LogP contribution in [0.15, 0.2) is 66.9 Å². The summed E-state index contributed by atoms with van der Waals surface area (Å²) >= 11 is 2.24. The first-order valence-corrected chi connectivity index (χ1v) is 12.2. The minimum absolute atomic E-state index is 0.0898. The lowest BCUT2D eigenvalue weighted by molar-refractivity contribution is -0.138. The first kappa shape index (κ1) is 27.5. The minimum Gasteiger partial charge on any atom is -0.462 e. The largest absolute Gasteiger partial charge is 0.462 e. The molecule has 1 aromatic heterocycles. The first-order chi connectivity index (χ1) is 16.9. The molecule has 0 aliphatic carbocycles. The number of carbonyl (C=O) groups is 1. The van der Waals surface area contributed by atoms with Crippen LogP contribution in [0.4, 0.5) is 13.2 Å². The van der Waals surface area contributed by atoms with Gasteiger partial charge in [-0.2, -0.15) is 18.4 Å². The molecule has 188 valence electrons. The van der Waals surface area contributed by atoms with Gasteiger partial charge in [0.15, 0.2) is 5.60 Å². The number of nitrogens with zero attached hydrogens (tertiary/aromatic N) is 2. The SMILES string of the molecule is CC(NC(=O)C(C)(C)Oc1ccc(C(F)(F)F)cn1)C(Cc1ccc(I)cc1)c1cccc(C#N)c1. The van der Waals surface area contributed by atoms with E-state index in [-0.39, 0.29) is 17.8 Å². The molecule has 2 atom stereocenters. The number of hydrogen-bond acceptors (Lipinski definition) is 4. The molecule has 0 aliphatic heterocycles. The zero-order valence-electron chi connectivity index (χ0n) is 19.9. The molecule has 0 bridgehead atoms. The Morgan fingerprint density at radius 2 is 1.83 bits per heavy atom. The van der Waals surface area contributed by atoms with Crippen LogP contribution < -0.4 is 10.1 Å². The number of hydrogen-bond donors (Lipinski definition) is 1. The summed E-state index contributed by atoms with van der Waals surface area (Å²) in [6.45, 7) is 4.93. The zero-order chi connectivity index (χ0) is 26.5. The highest BCUT2D eigenvalue weighted by Crippen LogP contribution is 2.30. The van der Waals surface area contributed by atoms with Gasteiger partial charge in [0.1, 0.15) is 0 Å². The summed E-state index contributed by atoms with van der Waals surface area (Å²) in [6, 6.07) is 19.1. The predicted molar refractivity (Wildman–Crippen MR) is 138 cm³/mol. The van der Waals surface area contributed by atoms with Crippen molar-refractivity contribution in [3.63, 3.8) is 0 Å². The van der Waals surface area contributed by atoms with Crippen LogP contribution in [-0.4, -0.2) is 22.5 Å². The number of halogens is 4. The van der Waals surface area contributed by atoms with Gasteiger partial charge in [-0.15, -0.1) is 0 Å². The van der Waals surface area contributed by atoms with Crippen molar-refractivity contribution < 1.29 is 22.7 Å². The average Bonchev–Trinajstić information content (AvgIpc) is 2.83. The molecule has 3 rings (SSSR count). The van der Waals surface area contributed by atoms with Crippen LogP contribution in [0.5, 0.6) is 5.88 Å². The number of benzene rings is 2. The lowest BCUT2D eigenvalue weighted by atomic mass is 9.85. The summed E-state index contributed by atoms with van der Waals surface area (Å²) in [4.78, 5) is 16.9. The molecular weight excluding hydrogens is 582 g/mol. The Morgan fingerprint density at radius 1 is 1.14 bits per heavy atom. The maximum atomic E-state index is 13.2. The van der Waals surface area contributed by atoms with Gasteiger partial charge in [0, 0.05) is 27.8 Å². The van der Waals surface area contributed by atoms with E-state index in [1.807, 2.05) is 49.4 Å². The van der Waals surface area contributed by atoms with E-state index in [1.54, 1.807) is 6.07 Å². The Balaban J connectivity index is 1.79. The fraction of sp³-hybridized carbons (Fsp3) is 0.296. The standard InChI is InChI=1S/C27H25F3IN3O2/c1-17(34-25(35)26(2,3)36-24-12-9-21(16-33-24)27(28,29)30)23(14-18-7-10-22(31)11-8-18)20-6-4-5-19(13-20)15-32/h4-13,16-17,23H,14H2,1-3H3,(H,34,35). The summed E-state index contributed by atoms with van der Waals surface area (Å²) in [7, 11) is 0. The van der Waals surface area contributed by atoms with Crippen molar-refractivity contribution in [2.45, 2.75) is 50.9 Å². The highest BCUT2D eigenvalue weighted by molar-refractivity contribution is 14.1. The van der Waals surface area contributed by atoms with E-state index in [1.165, 1.54) is 13.8 Å². The van der Waals surface area contributed by atoms with Crippen LogP contribution >= 0.6 is 22.6 Å². The molecule has 36 heavy (non-hydrogen) atoms. The molecule has 2 unspecified atom stereocenters. The third-order valence-corrected chi connectivity index (χ3v) is 6.46. The van der Waals surface area contributed by atoms with Crippen LogP contribution in [0.2, 0.25) is 0 Å². The number of nitrogens with one attached hydrogen (secondary N) is 1. The Kier molecular flexibility index (Phi) is 8.61. The Hall–Kier alpha value is -3.13. The molecule has 2 aromatic carbocycles. The topological polar surface area (TPSA) is 75.0 Å². The van der Waals surface area contributed by atoms with Gasteiger partial charge in [0.25, 0.3) is 5.91 Å². The maximum absolute atomic E-state index is 13.2. The summed E-state index contributed by atoms with van der Waals surface area (Å²) in [5, 5.41) is 12.3. The fourth-order valence-electron chi connectivity index (χ4n) is 3.69. The van der Waals surface area contributed by atoms with Crippen LogP contribution in [0.1, 0.15) is 48.9 Å². The van der Waals surface area contributed by atoms with Crippen LogP contribution in [0.25, 0.3) is 0 Å². The number of pyridine rings is 1. The number of ether oxygens (including phenoxy) is 1. The van der Waals surface area contributed by atoms with Crippen molar-refractivity contribution in [1.29, 1.82) is 5.26 Å².